The summed E-state index contributed by atoms with van der Waals surface area (Å²) in [7, 11) is 3.12. The second-order valence-electron chi connectivity index (χ2n) is 4.75. The number of likely N-dealkylation sites (N-methyl/N-ethyl adjacent to an activating group) is 1. The molecule has 0 aromatic heterocycles. The number of carbonyl (C=O) groups is 2. The Balaban J connectivity index is 2.83. The van der Waals surface area contributed by atoms with E-state index in [2.05, 4.69) is 0 Å². The van der Waals surface area contributed by atoms with Gasteiger partial charge in [0.05, 0.1) is 6.04 Å². The van der Waals surface area contributed by atoms with Crippen molar-refractivity contribution in [1.29, 1.82) is 0 Å². The van der Waals surface area contributed by atoms with Gasteiger partial charge in [-0.15, -0.1) is 0 Å². The number of carboxylic acid groups (broad SMARTS) is 1. The van der Waals surface area contributed by atoms with Crippen LogP contribution in [0.15, 0.2) is 24.3 Å². The highest BCUT2D eigenvalue weighted by atomic mass is 35.5. The Bertz CT molecular complexity index is 490. The molecule has 0 bridgehead atoms. The Morgan fingerprint density at radius 1 is 1.10 bits per heavy atom. The Labute approximate surface area is 123 Å². The van der Waals surface area contributed by atoms with Crippen molar-refractivity contribution < 1.29 is 14.7 Å². The molecule has 0 radical (unpaired) electrons. The molecule has 0 spiro atoms. The van der Waals surface area contributed by atoms with Crippen molar-refractivity contribution in [3.63, 3.8) is 0 Å². The number of carbonyl (C=O) groups excluding carboxylic acids is 1. The molecule has 0 aliphatic heterocycles. The van der Waals surface area contributed by atoms with E-state index in [-0.39, 0.29) is 12.1 Å². The molecular weight excluding hydrogens is 280 g/mol. The Hall–Kier alpha value is -1.75. The van der Waals surface area contributed by atoms with Crippen molar-refractivity contribution in [3.05, 3.63) is 34.9 Å². The van der Waals surface area contributed by atoms with Crippen molar-refractivity contribution in [2.45, 2.75) is 25.9 Å². The van der Waals surface area contributed by atoms with Crippen LogP contribution in [-0.4, -0.2) is 47.0 Å². The molecule has 2 atom stereocenters. The lowest BCUT2D eigenvalue weighted by Crippen LogP contribution is -2.47. The van der Waals surface area contributed by atoms with Gasteiger partial charge >= 0.3 is 12.0 Å². The van der Waals surface area contributed by atoms with E-state index in [9.17, 15) is 9.59 Å². The van der Waals surface area contributed by atoms with Gasteiger partial charge in [0.1, 0.15) is 6.04 Å². The van der Waals surface area contributed by atoms with E-state index in [1.165, 1.54) is 23.8 Å². The van der Waals surface area contributed by atoms with E-state index in [1.807, 2.05) is 19.1 Å². The number of rotatable bonds is 4. The highest BCUT2D eigenvalue weighted by molar-refractivity contribution is 6.30. The van der Waals surface area contributed by atoms with Crippen LogP contribution >= 0.6 is 11.6 Å². The summed E-state index contributed by atoms with van der Waals surface area (Å²) in [6.07, 6.45) is 0. The number of nitrogens with zero attached hydrogens (tertiary/aromatic N) is 2. The average molecular weight is 299 g/mol. The maximum Gasteiger partial charge on any atom is 0.326 e. The summed E-state index contributed by atoms with van der Waals surface area (Å²) in [6.45, 7) is 3.35. The minimum atomic E-state index is -1.03. The molecule has 0 fully saturated rings. The van der Waals surface area contributed by atoms with E-state index >= 15 is 0 Å². The van der Waals surface area contributed by atoms with E-state index in [4.69, 9.17) is 16.7 Å². The number of aliphatic carboxylic acids is 1. The first-order valence-corrected chi connectivity index (χ1v) is 6.61. The smallest absolute Gasteiger partial charge is 0.326 e. The molecule has 0 saturated heterocycles. The van der Waals surface area contributed by atoms with Gasteiger partial charge < -0.3 is 14.9 Å². The third-order valence-corrected chi connectivity index (χ3v) is 3.73. The van der Waals surface area contributed by atoms with Crippen molar-refractivity contribution in [2.75, 3.05) is 14.1 Å². The molecule has 5 nitrogen and oxygen atoms in total. The summed E-state index contributed by atoms with van der Waals surface area (Å²) in [4.78, 5) is 25.9. The van der Waals surface area contributed by atoms with Crippen LogP contribution in [0.25, 0.3) is 0 Å². The SMILES string of the molecule is CC(C(=O)O)N(C)C(=O)N(C)C(C)c1ccc(Cl)cc1. The van der Waals surface area contributed by atoms with Gasteiger partial charge in [-0.2, -0.15) is 0 Å². The zero-order valence-corrected chi connectivity index (χ0v) is 12.8. The number of urea groups is 1. The first-order chi connectivity index (χ1) is 9.25. The zero-order chi connectivity index (χ0) is 15.4. The predicted molar refractivity (Wildman–Crippen MR) is 77.9 cm³/mol. The van der Waals surface area contributed by atoms with Crippen LogP contribution in [0.3, 0.4) is 0 Å². The summed E-state index contributed by atoms with van der Waals surface area (Å²) in [5.74, 6) is -1.03. The molecule has 2 amide bonds. The molecule has 1 N–H and O–H groups in total. The molecule has 110 valence electrons. The topological polar surface area (TPSA) is 60.9 Å². The summed E-state index contributed by atoms with van der Waals surface area (Å²) in [6, 6.07) is 5.81. The predicted octanol–water partition coefficient (Wildman–Crippen LogP) is 2.86. The van der Waals surface area contributed by atoms with Crippen LogP contribution in [0.1, 0.15) is 25.5 Å². The standard InChI is InChI=1S/C14H19ClN2O3/c1-9(11-5-7-12(15)8-6-11)16(3)14(20)17(4)10(2)13(18)19/h5-10H,1-4H3,(H,18,19). The second-order valence-corrected chi connectivity index (χ2v) is 5.18. The summed E-state index contributed by atoms with van der Waals surface area (Å²) < 4.78 is 0. The highest BCUT2D eigenvalue weighted by Crippen LogP contribution is 2.22. The zero-order valence-electron chi connectivity index (χ0n) is 12.0. The monoisotopic (exact) mass is 298 g/mol. The maximum atomic E-state index is 12.2. The summed E-state index contributed by atoms with van der Waals surface area (Å²) in [5, 5.41) is 9.57. The van der Waals surface area contributed by atoms with Crippen molar-refractivity contribution in [3.8, 4) is 0 Å². The number of amides is 2. The van der Waals surface area contributed by atoms with Crippen molar-refractivity contribution >= 4 is 23.6 Å². The maximum absolute atomic E-state index is 12.2. The third-order valence-electron chi connectivity index (χ3n) is 3.48. The van der Waals surface area contributed by atoms with Crippen LogP contribution in [-0.2, 0) is 4.79 Å². The first-order valence-electron chi connectivity index (χ1n) is 6.23. The van der Waals surface area contributed by atoms with Gasteiger partial charge in [-0.05, 0) is 31.5 Å². The summed E-state index contributed by atoms with van der Waals surface area (Å²) >= 11 is 5.83. The van der Waals surface area contributed by atoms with Gasteiger partial charge in [0, 0.05) is 19.1 Å². The molecule has 6 heteroatoms. The van der Waals surface area contributed by atoms with Gasteiger partial charge in [-0.1, -0.05) is 23.7 Å². The quantitative estimate of drug-likeness (QED) is 0.930. The number of benzene rings is 1. The van der Waals surface area contributed by atoms with Crippen LogP contribution < -0.4 is 0 Å². The Morgan fingerprint density at radius 3 is 2.05 bits per heavy atom. The molecule has 2 unspecified atom stereocenters. The number of hydrogen-bond acceptors (Lipinski definition) is 2. The molecule has 1 rings (SSSR count). The van der Waals surface area contributed by atoms with Crippen LogP contribution in [0.4, 0.5) is 4.79 Å². The molecule has 0 aliphatic carbocycles. The fourth-order valence-electron chi connectivity index (χ4n) is 1.71. The highest BCUT2D eigenvalue weighted by Gasteiger charge is 2.26. The number of hydrogen-bond donors (Lipinski definition) is 1. The second kappa shape index (κ2) is 6.61. The van der Waals surface area contributed by atoms with E-state index in [1.54, 1.807) is 19.2 Å². The lowest BCUT2D eigenvalue weighted by molar-refractivity contribution is -0.141. The Kier molecular flexibility index (Phi) is 5.39. The fourth-order valence-corrected chi connectivity index (χ4v) is 1.84. The van der Waals surface area contributed by atoms with Gasteiger partial charge in [-0.3, -0.25) is 0 Å². The van der Waals surface area contributed by atoms with E-state index in [0.717, 1.165) is 5.56 Å². The normalized spacial score (nSPS) is 13.4. The van der Waals surface area contributed by atoms with E-state index in [0.29, 0.717) is 5.02 Å². The largest absolute Gasteiger partial charge is 0.480 e. The molecule has 0 heterocycles. The van der Waals surface area contributed by atoms with E-state index < -0.39 is 12.0 Å². The van der Waals surface area contributed by atoms with Crippen LogP contribution in [0.5, 0.6) is 0 Å². The van der Waals surface area contributed by atoms with Gasteiger partial charge in [0.15, 0.2) is 0 Å². The van der Waals surface area contributed by atoms with Gasteiger partial charge in [-0.25, -0.2) is 9.59 Å². The number of carboxylic acids is 1. The molecule has 1 aromatic carbocycles. The molecular formula is C14H19ClN2O3. The lowest BCUT2D eigenvalue weighted by atomic mass is 10.1. The molecule has 0 aliphatic rings. The van der Waals surface area contributed by atoms with Gasteiger partial charge in [0.2, 0.25) is 0 Å². The lowest BCUT2D eigenvalue weighted by Gasteiger charge is -2.31. The molecule has 1 aromatic rings. The Morgan fingerprint density at radius 2 is 1.60 bits per heavy atom. The van der Waals surface area contributed by atoms with Crippen molar-refractivity contribution in [2.24, 2.45) is 0 Å². The molecule has 20 heavy (non-hydrogen) atoms. The minimum Gasteiger partial charge on any atom is -0.480 e. The average Bonchev–Trinajstić information content (AvgIpc) is 2.44. The summed E-state index contributed by atoms with van der Waals surface area (Å²) in [5.41, 5.74) is 0.932. The van der Waals surface area contributed by atoms with Crippen molar-refractivity contribution in [1.82, 2.24) is 9.80 Å². The fraction of sp³-hybridized carbons (Fsp3) is 0.429. The van der Waals surface area contributed by atoms with Crippen LogP contribution in [0, 0.1) is 0 Å². The first kappa shape index (κ1) is 16.3. The van der Waals surface area contributed by atoms with Gasteiger partial charge in [0.25, 0.3) is 0 Å². The molecule has 0 saturated carbocycles. The number of halogens is 1. The third kappa shape index (κ3) is 3.63. The minimum absolute atomic E-state index is 0.178. The van der Waals surface area contributed by atoms with Crippen LogP contribution in [0.2, 0.25) is 5.02 Å².